The second kappa shape index (κ2) is 9.51. The van der Waals surface area contributed by atoms with Crippen LogP contribution in [0.1, 0.15) is 30.8 Å². The first kappa shape index (κ1) is 26.0. The molecule has 0 saturated carbocycles. The summed E-state index contributed by atoms with van der Waals surface area (Å²) in [4.78, 5) is 4.80. The van der Waals surface area contributed by atoms with E-state index in [1.54, 1.807) is 0 Å². The Kier molecular flexibility index (Phi) is 5.49. The van der Waals surface area contributed by atoms with Gasteiger partial charge in [0.1, 0.15) is 5.82 Å². The Morgan fingerprint density at radius 2 is 1.04 bits per heavy atom. The number of rotatable bonds is 3. The van der Waals surface area contributed by atoms with E-state index in [4.69, 9.17) is 4.98 Å². The molecule has 0 atom stereocenters. The number of aryl methyl sites for hydroxylation is 1. The highest BCUT2D eigenvalue weighted by Crippen LogP contribution is 2.51. The van der Waals surface area contributed by atoms with Crippen LogP contribution in [0.2, 0.25) is 0 Å². The van der Waals surface area contributed by atoms with Crippen LogP contribution in [0.5, 0.6) is 0 Å². The lowest BCUT2D eigenvalue weighted by Crippen LogP contribution is -2.14. The molecule has 7 aromatic carbocycles. The summed E-state index contributed by atoms with van der Waals surface area (Å²) in [7, 11) is 0. The first-order valence-corrected chi connectivity index (χ1v) is 15.7. The van der Waals surface area contributed by atoms with E-state index in [2.05, 4.69) is 159 Å². The van der Waals surface area contributed by atoms with Crippen LogP contribution in [0, 0.1) is 6.92 Å². The van der Waals surface area contributed by atoms with Crippen molar-refractivity contribution in [2.75, 3.05) is 0 Å². The van der Waals surface area contributed by atoms with Gasteiger partial charge in [-0.1, -0.05) is 123 Å². The van der Waals surface area contributed by atoms with Crippen molar-refractivity contribution in [2.24, 2.45) is 0 Å². The minimum atomic E-state index is -0.0475. The third kappa shape index (κ3) is 3.72. The lowest BCUT2D eigenvalue weighted by molar-refractivity contribution is 0.660. The lowest BCUT2D eigenvalue weighted by Gasteiger charge is -2.23. The Morgan fingerprint density at radius 3 is 1.73 bits per heavy atom. The smallest absolute Gasteiger partial charge is 0.111 e. The molecule has 8 aromatic rings. The molecule has 0 radical (unpaired) electrons. The molecule has 1 aromatic heterocycles. The first-order chi connectivity index (χ1) is 22.0. The van der Waals surface area contributed by atoms with Gasteiger partial charge >= 0.3 is 0 Å². The van der Waals surface area contributed by atoms with Gasteiger partial charge in [0.15, 0.2) is 0 Å². The number of fused-ring (bicyclic) bond motifs is 6. The normalized spacial score (nSPS) is 13.4. The van der Waals surface area contributed by atoms with Gasteiger partial charge in [0.2, 0.25) is 0 Å². The van der Waals surface area contributed by atoms with Gasteiger partial charge in [0.05, 0.1) is 11.0 Å². The zero-order valence-corrected chi connectivity index (χ0v) is 25.7. The second-order valence-electron chi connectivity index (χ2n) is 12.8. The molecule has 0 bridgehead atoms. The van der Waals surface area contributed by atoms with Crippen LogP contribution in [-0.4, -0.2) is 9.55 Å². The van der Waals surface area contributed by atoms with E-state index in [9.17, 15) is 0 Å². The molecule has 214 valence electrons. The molecule has 2 heteroatoms. The van der Waals surface area contributed by atoms with E-state index in [0.717, 1.165) is 22.5 Å². The van der Waals surface area contributed by atoms with Crippen molar-refractivity contribution in [3.05, 3.63) is 156 Å². The Morgan fingerprint density at radius 1 is 0.511 bits per heavy atom. The summed E-state index contributed by atoms with van der Waals surface area (Å²) in [5.41, 5.74) is 13.8. The summed E-state index contributed by atoms with van der Waals surface area (Å²) in [5, 5.41) is 5.09. The minimum absolute atomic E-state index is 0.0475. The predicted octanol–water partition coefficient (Wildman–Crippen LogP) is 11.3. The van der Waals surface area contributed by atoms with E-state index < -0.39 is 0 Å². The Balaban J connectivity index is 1.25. The highest BCUT2D eigenvalue weighted by molar-refractivity contribution is 6.21. The maximum atomic E-state index is 4.80. The summed E-state index contributed by atoms with van der Waals surface area (Å²) in [6.07, 6.45) is 0. The average molecular weight is 577 g/mol. The van der Waals surface area contributed by atoms with Gasteiger partial charge in [0.25, 0.3) is 0 Å². The molecule has 0 saturated heterocycles. The van der Waals surface area contributed by atoms with Crippen molar-refractivity contribution in [1.82, 2.24) is 9.55 Å². The van der Waals surface area contributed by atoms with Gasteiger partial charge in [0, 0.05) is 11.1 Å². The topological polar surface area (TPSA) is 17.8 Å². The Bertz CT molecular complexity index is 2400. The maximum absolute atomic E-state index is 4.80. The van der Waals surface area contributed by atoms with Crippen molar-refractivity contribution in [3.63, 3.8) is 0 Å². The maximum Gasteiger partial charge on any atom is 0.111 e. The largest absolute Gasteiger partial charge is 0.297 e. The van der Waals surface area contributed by atoms with E-state index in [1.807, 2.05) is 6.07 Å². The molecule has 1 aliphatic rings. The predicted molar refractivity (Wildman–Crippen MR) is 189 cm³/mol. The molecule has 0 unspecified atom stereocenters. The third-order valence-electron chi connectivity index (χ3n) is 9.95. The van der Waals surface area contributed by atoms with Crippen LogP contribution >= 0.6 is 0 Å². The average Bonchev–Trinajstić information content (AvgIpc) is 3.53. The van der Waals surface area contributed by atoms with Crippen molar-refractivity contribution < 1.29 is 0 Å². The van der Waals surface area contributed by atoms with Crippen LogP contribution in [-0.2, 0) is 5.41 Å². The molecular weight excluding hydrogens is 544 g/mol. The quantitative estimate of drug-likeness (QED) is 0.191. The number of nitrogens with zero attached hydrogens (tertiary/aromatic N) is 2. The zero-order valence-electron chi connectivity index (χ0n) is 25.7. The van der Waals surface area contributed by atoms with Gasteiger partial charge in [-0.3, -0.25) is 4.57 Å². The van der Waals surface area contributed by atoms with E-state index in [-0.39, 0.29) is 5.41 Å². The Labute approximate surface area is 263 Å². The molecule has 0 amide bonds. The molecule has 2 nitrogen and oxygen atoms in total. The monoisotopic (exact) mass is 576 g/mol. The summed E-state index contributed by atoms with van der Waals surface area (Å²) < 4.78 is 2.24. The van der Waals surface area contributed by atoms with Gasteiger partial charge in [-0.15, -0.1) is 0 Å². The molecule has 1 aliphatic carbocycles. The highest BCUT2D eigenvalue weighted by atomic mass is 15.1. The van der Waals surface area contributed by atoms with E-state index in [0.29, 0.717) is 0 Å². The highest BCUT2D eigenvalue weighted by Gasteiger charge is 2.35. The molecule has 0 spiro atoms. The third-order valence-corrected chi connectivity index (χ3v) is 9.95. The van der Waals surface area contributed by atoms with Gasteiger partial charge in [-0.2, -0.15) is 0 Å². The molecule has 0 N–H and O–H groups in total. The lowest BCUT2D eigenvalue weighted by atomic mass is 9.80. The van der Waals surface area contributed by atoms with Crippen LogP contribution in [0.4, 0.5) is 0 Å². The Hall–Kier alpha value is -5.47. The standard InChI is InChI=1S/C43H32N2/c1-27-44-39-18-10-11-19-40(39)45(27)30-23-20-28(21-24-30)41-33-13-4-6-15-35(33)42(36-16-7-5-14-34(36)41)29-22-25-32-31-12-8-9-17-37(31)43(2,3)38(32)26-29/h4-26H,1-3H3. The molecule has 1 heterocycles. The fourth-order valence-electron chi connectivity index (χ4n) is 7.86. The van der Waals surface area contributed by atoms with Crippen LogP contribution < -0.4 is 0 Å². The van der Waals surface area contributed by atoms with E-state index >= 15 is 0 Å². The fraction of sp³-hybridized carbons (Fsp3) is 0.0930. The summed E-state index contributed by atoms with van der Waals surface area (Å²) in [5.74, 6) is 0.991. The van der Waals surface area contributed by atoms with Crippen molar-refractivity contribution in [2.45, 2.75) is 26.2 Å². The number of hydrogen-bond donors (Lipinski definition) is 0. The first-order valence-electron chi connectivity index (χ1n) is 15.7. The van der Waals surface area contributed by atoms with Crippen LogP contribution in [0.25, 0.3) is 71.6 Å². The fourth-order valence-corrected chi connectivity index (χ4v) is 7.86. The second-order valence-corrected chi connectivity index (χ2v) is 12.8. The van der Waals surface area contributed by atoms with Gasteiger partial charge < -0.3 is 0 Å². The number of benzene rings is 7. The van der Waals surface area contributed by atoms with Crippen molar-refractivity contribution in [3.8, 4) is 39.1 Å². The molecule has 0 aliphatic heterocycles. The van der Waals surface area contributed by atoms with Crippen LogP contribution in [0.3, 0.4) is 0 Å². The summed E-state index contributed by atoms with van der Waals surface area (Å²) in [6.45, 7) is 6.80. The number of aromatic nitrogens is 2. The van der Waals surface area contributed by atoms with Gasteiger partial charge in [-0.25, -0.2) is 4.98 Å². The number of imidazole rings is 1. The zero-order chi connectivity index (χ0) is 30.3. The SMILES string of the molecule is Cc1nc2ccccc2n1-c1ccc(-c2c3ccccc3c(-c3ccc4c(c3)C(C)(C)c3ccccc3-4)c3ccccc23)cc1. The van der Waals surface area contributed by atoms with E-state index in [1.165, 1.54) is 66.1 Å². The number of para-hydroxylation sites is 2. The molecule has 9 rings (SSSR count). The summed E-state index contributed by atoms with van der Waals surface area (Å²) in [6, 6.07) is 51.2. The van der Waals surface area contributed by atoms with Crippen molar-refractivity contribution in [1.29, 1.82) is 0 Å². The molecular formula is C43H32N2. The van der Waals surface area contributed by atoms with Gasteiger partial charge in [-0.05, 0) is 103 Å². The minimum Gasteiger partial charge on any atom is -0.297 e. The van der Waals surface area contributed by atoms with Crippen molar-refractivity contribution >= 4 is 32.6 Å². The summed E-state index contributed by atoms with van der Waals surface area (Å²) >= 11 is 0. The number of hydrogen-bond acceptors (Lipinski definition) is 1. The van der Waals surface area contributed by atoms with Crippen LogP contribution in [0.15, 0.2) is 140 Å². The molecule has 45 heavy (non-hydrogen) atoms. The molecule has 0 fully saturated rings.